The Morgan fingerprint density at radius 3 is 1.50 bits per heavy atom. The third-order valence-corrected chi connectivity index (χ3v) is 28.1. The van der Waals surface area contributed by atoms with Crippen molar-refractivity contribution in [3.8, 4) is 17.2 Å². The Kier molecular flexibility index (Phi) is 35.4. The Hall–Kier alpha value is -12.0. The van der Waals surface area contributed by atoms with E-state index in [1.807, 2.05) is 0 Å². The van der Waals surface area contributed by atoms with Crippen LogP contribution in [0.5, 0.6) is 17.2 Å². The number of hydrogen-bond acceptors (Lipinski definition) is 27. The van der Waals surface area contributed by atoms with Crippen molar-refractivity contribution >= 4 is 147 Å². The van der Waals surface area contributed by atoms with Gasteiger partial charge < -0.3 is 80.9 Å². The summed E-state index contributed by atoms with van der Waals surface area (Å²) in [6, 6.07) is 11.1. The number of nitrogens with one attached hydrogen (secondary N) is 7. The van der Waals surface area contributed by atoms with Gasteiger partial charge in [-0.05, 0) is 156 Å². The highest BCUT2D eigenvalue weighted by atomic mass is 32.2. The molecule has 12 unspecified atom stereocenters. The number of amides is 15. The molecule has 0 aliphatic carbocycles. The van der Waals surface area contributed by atoms with Gasteiger partial charge in [0.25, 0.3) is 11.8 Å². The second-order valence-corrected chi connectivity index (χ2v) is 38.7. The lowest BCUT2D eigenvalue weighted by Crippen LogP contribution is -2.53. The Bertz CT molecular complexity index is 5060. The van der Waals surface area contributed by atoms with E-state index in [2.05, 4.69) is 37.2 Å². The molecule has 0 radical (unpaired) electrons. The minimum Gasteiger partial charge on any atom is -0.493 e. The van der Waals surface area contributed by atoms with Crippen molar-refractivity contribution in [1.29, 1.82) is 0 Å². The molecule has 10 aliphatic heterocycles. The quantitative estimate of drug-likeness (QED) is 0.0990. The molecule has 5 saturated heterocycles. The van der Waals surface area contributed by atoms with Crippen LogP contribution in [-0.4, -0.2) is 260 Å². The first kappa shape index (κ1) is 102. The van der Waals surface area contributed by atoms with Crippen molar-refractivity contribution in [3.63, 3.8) is 0 Å². The first-order valence-corrected chi connectivity index (χ1v) is 48.4. The van der Waals surface area contributed by atoms with E-state index in [-0.39, 0.29) is 175 Å². The molecule has 40 heteroatoms. The molecule has 12 atom stereocenters. The molecule has 9 N–H and O–H groups in total. The number of fused-ring (bicyclic) bond motifs is 8. The van der Waals surface area contributed by atoms with E-state index in [0.29, 0.717) is 91.7 Å². The molecular formula is C95H121N13O25S2. The van der Waals surface area contributed by atoms with Crippen LogP contribution in [0.2, 0.25) is 0 Å². The van der Waals surface area contributed by atoms with Crippen molar-refractivity contribution in [2.75, 3.05) is 73.2 Å². The van der Waals surface area contributed by atoms with Crippen LogP contribution >= 0.6 is 23.5 Å². The third kappa shape index (κ3) is 25.6. The molecule has 4 aromatic rings. The number of carbonyl (C=O) groups excluding carboxylic acids is 18. The van der Waals surface area contributed by atoms with Crippen molar-refractivity contribution in [1.82, 2.24) is 51.5 Å². The van der Waals surface area contributed by atoms with E-state index < -0.39 is 190 Å². The number of thioether (sulfide) groups is 2. The fourth-order valence-corrected chi connectivity index (χ4v) is 20.4. The molecule has 38 nitrogen and oxygen atoms in total. The smallest absolute Gasteiger partial charge is 0.416 e. The number of benzene rings is 4. The number of methoxy groups -OCH3 is 1. The first-order valence-electron chi connectivity index (χ1n) is 46.3. The molecule has 4 aromatic carbocycles. The number of ether oxygens (including phenoxy) is 5. The van der Waals surface area contributed by atoms with E-state index in [9.17, 15) is 96.5 Å². The lowest BCUT2D eigenvalue weighted by Gasteiger charge is -2.31. The number of aryl methyl sites for hydroxylation is 1. The van der Waals surface area contributed by atoms with E-state index in [0.717, 1.165) is 43.1 Å². The monoisotopic (exact) mass is 1910 g/mol. The summed E-state index contributed by atoms with van der Waals surface area (Å²) in [5, 5.41) is 41.6. The van der Waals surface area contributed by atoms with Crippen molar-refractivity contribution in [2.45, 2.75) is 262 Å². The zero-order valence-corrected chi connectivity index (χ0v) is 78.8. The number of ketones is 3. The summed E-state index contributed by atoms with van der Waals surface area (Å²) in [6.07, 6.45) is -4.32. The molecule has 135 heavy (non-hydrogen) atoms. The molecule has 14 rings (SSSR count). The maximum absolute atomic E-state index is 14.8. The maximum Gasteiger partial charge on any atom is 0.416 e. The third-order valence-electron chi connectivity index (χ3n) is 25.4. The molecule has 10 aliphatic rings. The van der Waals surface area contributed by atoms with Gasteiger partial charge in [0.2, 0.25) is 65.0 Å². The van der Waals surface area contributed by atoms with Gasteiger partial charge in [0.05, 0.1) is 83.4 Å². The average molecular weight is 1910 g/mol. The zero-order valence-electron chi connectivity index (χ0n) is 77.2. The standard InChI is InChI=1S/C95H121N13O25S2/c1-52(2)81-86(119)97-55(6)70(111)42-57-26-28-58(29-27-57)49-132-95(128)108-68-46-73(72(129-8)44-63(68)89(122)104-36-17-21-66(104)91(108)124)131-40-13-9-12-39-130-71-45-67-62(41-54(71)5)88(121)103-35-16-20-65(103)90(123)107(67)94(127)133-50-59-30-32-60(33-31-59)99-84(117)56(7)98-87(120)82(53(3)4)101-77(113)24-14-34-96-85(118)64-43-61(109)19-15-37-105-79(115)47-74(92(105)125)134-51-135-75-48-80(116)106(93(75)126)38-18-25-78(114)102-83(64)69(110)22-10-11-23-76(112)100-81/h26-33,41,44-46,52-53,55-56,64-66,74-75,81-83,90-91,123-124H,9-25,34-40,42-43,47-51H2,1-8H3,(H,96,118)(H,97,119)(H,98,120)(H,99,117)(H,100,112)(H,101,113)(H,102,114). The van der Waals surface area contributed by atoms with Gasteiger partial charge in [-0.25, -0.2) is 19.4 Å². The fourth-order valence-electron chi connectivity index (χ4n) is 17.8. The summed E-state index contributed by atoms with van der Waals surface area (Å²) in [4.78, 5) is 259. The number of carbonyl (C=O) groups is 18. The summed E-state index contributed by atoms with van der Waals surface area (Å²) < 4.78 is 30.1. The average Bonchev–Trinajstić information content (AvgIpc) is 1.61. The SMILES string of the molecule is COc1cc2c3cc1OCCCCCOc1cc4c(cc1C)C(=O)N1CCCC1C(O)N4C(=O)OCc1ccc(cc1)NC(=O)C(C)NC(=O)C(C(C)C)NC(=O)CCCNC(=O)C1CC(=O)CCCN4C(=O)CC(SCSC5CC(=O)N(CCCC(=O)NC1C(=O)CCCCC(=O)NC(C(C)C)C(=O)NC(C)C(=O)Cc1ccc(cc1)COC(=O)N3C(O)C1CCCN1C2=O)C5=O)C4=O. The number of aliphatic hydroxyl groups is 2. The molecule has 0 saturated carbocycles. The van der Waals surface area contributed by atoms with E-state index in [1.165, 1.54) is 44.1 Å². The highest BCUT2D eigenvalue weighted by Crippen LogP contribution is 2.44. The van der Waals surface area contributed by atoms with Gasteiger partial charge in [0.1, 0.15) is 42.9 Å². The van der Waals surface area contributed by atoms with Crippen LogP contribution in [0.15, 0.2) is 72.8 Å². The van der Waals surface area contributed by atoms with Crippen LogP contribution in [0.1, 0.15) is 213 Å². The van der Waals surface area contributed by atoms with Crippen molar-refractivity contribution in [3.05, 3.63) is 106 Å². The second-order valence-electron chi connectivity index (χ2n) is 36.0. The minimum absolute atomic E-state index is 0.0174. The van der Waals surface area contributed by atoms with Crippen molar-refractivity contribution < 1.29 is 120 Å². The summed E-state index contributed by atoms with van der Waals surface area (Å²) in [5.74, 6) is -11.4. The van der Waals surface area contributed by atoms with Gasteiger partial charge in [-0.15, -0.1) is 23.5 Å². The van der Waals surface area contributed by atoms with Crippen LogP contribution in [0, 0.1) is 24.7 Å². The highest BCUT2D eigenvalue weighted by molar-refractivity contribution is 8.17. The van der Waals surface area contributed by atoms with Gasteiger partial charge in [-0.3, -0.25) is 86.5 Å². The highest BCUT2D eigenvalue weighted by Gasteiger charge is 2.49. The molecule has 5 fully saturated rings. The number of hydrogen-bond donors (Lipinski definition) is 9. The van der Waals surface area contributed by atoms with E-state index >= 15 is 0 Å². The summed E-state index contributed by atoms with van der Waals surface area (Å²) in [7, 11) is 1.41. The van der Waals surface area contributed by atoms with Gasteiger partial charge >= 0.3 is 12.2 Å². The number of imide groups is 2. The Labute approximate surface area is 790 Å². The lowest BCUT2D eigenvalue weighted by molar-refractivity contribution is -0.140. The molecule has 15 amide bonds. The molecular weight excluding hydrogens is 1790 g/mol. The van der Waals surface area contributed by atoms with E-state index in [4.69, 9.17) is 23.7 Å². The normalized spacial score (nSPS) is 26.4. The maximum atomic E-state index is 14.8. The van der Waals surface area contributed by atoms with Crippen LogP contribution in [0.3, 0.4) is 0 Å². The molecule has 10 heterocycles. The van der Waals surface area contributed by atoms with Gasteiger partial charge in [0, 0.05) is 113 Å². The number of rotatable bonds is 3. The van der Waals surface area contributed by atoms with Gasteiger partial charge in [0.15, 0.2) is 35.5 Å². The minimum atomic E-state index is -1.72. The zero-order chi connectivity index (χ0) is 97.2. The van der Waals surface area contributed by atoms with E-state index in [1.54, 1.807) is 94.1 Å². The molecule has 0 spiro atoms. The predicted octanol–water partition coefficient (Wildman–Crippen LogP) is 6.49. The molecule has 728 valence electrons. The fraction of sp³-hybridized carbons (Fsp3) is 0.558. The largest absolute Gasteiger partial charge is 0.493 e. The summed E-state index contributed by atoms with van der Waals surface area (Å²) >= 11 is 2.31. The summed E-state index contributed by atoms with van der Waals surface area (Å²) in [5.41, 5.74) is 2.66. The number of aliphatic hydroxyl groups excluding tert-OH is 2. The number of anilines is 3. The Morgan fingerprint density at radius 2 is 0.948 bits per heavy atom. The van der Waals surface area contributed by atoms with Crippen LogP contribution < -0.4 is 61.2 Å². The molecule has 12 bridgehead atoms. The Balaban J connectivity index is 0.755. The predicted molar refractivity (Wildman–Crippen MR) is 493 cm³/mol. The number of Topliss-reactive ketones (excluding diaryl/α,β-unsaturated/α-hetero) is 3. The number of nitrogens with zero attached hydrogens (tertiary/aromatic N) is 6. The topological polar surface area (TPSA) is 498 Å². The second kappa shape index (κ2) is 46.9. The van der Waals surface area contributed by atoms with Crippen LogP contribution in [0.25, 0.3) is 0 Å². The lowest BCUT2D eigenvalue weighted by atomic mass is 9.87. The summed E-state index contributed by atoms with van der Waals surface area (Å²) in [6.45, 7) is 11.1. The Morgan fingerprint density at radius 1 is 0.467 bits per heavy atom. The van der Waals surface area contributed by atoms with Crippen LogP contribution in [-0.2, 0) is 96.2 Å². The van der Waals surface area contributed by atoms with Gasteiger partial charge in [-0.1, -0.05) is 64.1 Å². The first-order chi connectivity index (χ1) is 64.6. The molecule has 0 aromatic heterocycles. The van der Waals surface area contributed by atoms with Gasteiger partial charge in [-0.2, -0.15) is 0 Å². The van der Waals surface area contributed by atoms with Crippen LogP contribution in [0.4, 0.5) is 26.7 Å². The van der Waals surface area contributed by atoms with Crippen molar-refractivity contribution in [2.24, 2.45) is 17.8 Å².